The molecule has 1 fully saturated rings. The van der Waals surface area contributed by atoms with Gasteiger partial charge in [-0.1, -0.05) is 17.7 Å². The third-order valence-electron chi connectivity index (χ3n) is 4.80. The Morgan fingerprint density at radius 3 is 2.70 bits per heavy atom. The van der Waals surface area contributed by atoms with Crippen LogP contribution >= 0.6 is 11.6 Å². The monoisotopic (exact) mass is 386 g/mol. The summed E-state index contributed by atoms with van der Waals surface area (Å²) < 4.78 is 2.04. The summed E-state index contributed by atoms with van der Waals surface area (Å²) in [6.45, 7) is 5.67. The van der Waals surface area contributed by atoms with Crippen molar-refractivity contribution in [1.82, 2.24) is 19.5 Å². The molecule has 0 amide bonds. The molecular weight excluding hydrogens is 364 g/mol. The van der Waals surface area contributed by atoms with Crippen LogP contribution < -0.4 is 10.2 Å². The summed E-state index contributed by atoms with van der Waals surface area (Å²) in [6, 6.07) is 7.75. The zero-order valence-electron chi connectivity index (χ0n) is 15.4. The number of piperidine rings is 1. The van der Waals surface area contributed by atoms with Crippen molar-refractivity contribution in [2.24, 2.45) is 0 Å². The van der Waals surface area contributed by atoms with Gasteiger partial charge in [0, 0.05) is 29.8 Å². The number of imidazole rings is 1. The van der Waals surface area contributed by atoms with E-state index in [2.05, 4.69) is 29.0 Å². The van der Waals surface area contributed by atoms with Crippen LogP contribution in [0.15, 0.2) is 30.6 Å². The van der Waals surface area contributed by atoms with E-state index in [9.17, 15) is 5.11 Å². The van der Waals surface area contributed by atoms with Crippen LogP contribution in [-0.4, -0.2) is 43.8 Å². The van der Waals surface area contributed by atoms with Gasteiger partial charge < -0.3 is 19.9 Å². The topological polar surface area (TPSA) is 79.1 Å². The normalized spacial score (nSPS) is 15.7. The van der Waals surface area contributed by atoms with E-state index in [-0.39, 0.29) is 12.1 Å². The number of benzene rings is 1. The molecule has 0 unspecified atom stereocenters. The molecule has 27 heavy (non-hydrogen) atoms. The second kappa shape index (κ2) is 7.32. The SMILES string of the molecule is CC(C)n1cnc2c(Nc3cccc(Cl)c3)nc(N3CCC(O)CC3)nc21. The molecule has 1 saturated heterocycles. The van der Waals surface area contributed by atoms with Gasteiger partial charge >= 0.3 is 0 Å². The smallest absolute Gasteiger partial charge is 0.229 e. The molecule has 0 radical (unpaired) electrons. The predicted octanol–water partition coefficient (Wildman–Crippen LogP) is 3.77. The number of halogens is 1. The molecule has 0 saturated carbocycles. The van der Waals surface area contributed by atoms with Gasteiger partial charge in [0.25, 0.3) is 0 Å². The quantitative estimate of drug-likeness (QED) is 0.710. The molecule has 1 aliphatic rings. The van der Waals surface area contributed by atoms with Gasteiger partial charge in [0.05, 0.1) is 12.4 Å². The van der Waals surface area contributed by atoms with Crippen LogP contribution in [0.25, 0.3) is 11.2 Å². The lowest BCUT2D eigenvalue weighted by molar-refractivity contribution is 0.145. The number of rotatable bonds is 4. The highest BCUT2D eigenvalue weighted by Crippen LogP contribution is 2.29. The van der Waals surface area contributed by atoms with Crippen molar-refractivity contribution >= 4 is 40.2 Å². The average Bonchev–Trinajstić information content (AvgIpc) is 3.07. The fourth-order valence-electron chi connectivity index (χ4n) is 3.28. The standard InChI is InChI=1S/C19H23ClN6O/c1-12(2)26-11-21-16-17(22-14-5-3-4-13(20)10-14)23-19(24-18(16)26)25-8-6-15(27)7-9-25/h3-5,10-12,15,27H,6-9H2,1-2H3,(H,22,23,24). The largest absolute Gasteiger partial charge is 0.393 e. The minimum atomic E-state index is -0.241. The Labute approximate surface area is 163 Å². The zero-order chi connectivity index (χ0) is 19.0. The van der Waals surface area contributed by atoms with Crippen LogP contribution in [0, 0.1) is 0 Å². The highest BCUT2D eigenvalue weighted by Gasteiger charge is 2.22. The first-order valence-electron chi connectivity index (χ1n) is 9.21. The molecule has 1 aliphatic heterocycles. The molecule has 3 aromatic rings. The Kier molecular flexibility index (Phi) is 4.88. The van der Waals surface area contributed by atoms with E-state index in [1.807, 2.05) is 28.8 Å². The fraction of sp³-hybridized carbons (Fsp3) is 0.421. The lowest BCUT2D eigenvalue weighted by atomic mass is 10.1. The second-order valence-electron chi connectivity index (χ2n) is 7.14. The van der Waals surface area contributed by atoms with Crippen molar-refractivity contribution in [2.75, 3.05) is 23.3 Å². The summed E-state index contributed by atoms with van der Waals surface area (Å²) in [5.74, 6) is 1.31. The number of anilines is 3. The summed E-state index contributed by atoms with van der Waals surface area (Å²) in [5, 5.41) is 13.8. The molecule has 8 heteroatoms. The summed E-state index contributed by atoms with van der Waals surface area (Å²) in [7, 11) is 0. The number of hydrogen-bond donors (Lipinski definition) is 2. The average molecular weight is 387 g/mol. The van der Waals surface area contributed by atoms with Gasteiger partial charge in [0.2, 0.25) is 5.95 Å². The number of hydrogen-bond acceptors (Lipinski definition) is 6. The van der Waals surface area contributed by atoms with Gasteiger partial charge in [-0.05, 0) is 44.9 Å². The van der Waals surface area contributed by atoms with E-state index < -0.39 is 0 Å². The van der Waals surface area contributed by atoms with Crippen LogP contribution in [0.5, 0.6) is 0 Å². The lowest BCUT2D eigenvalue weighted by Gasteiger charge is -2.29. The van der Waals surface area contributed by atoms with E-state index in [1.165, 1.54) is 0 Å². The summed E-state index contributed by atoms with van der Waals surface area (Å²) in [5.41, 5.74) is 2.37. The molecule has 1 aromatic carbocycles. The Hall–Kier alpha value is -2.38. The van der Waals surface area contributed by atoms with Crippen molar-refractivity contribution in [3.05, 3.63) is 35.6 Å². The molecule has 4 rings (SSSR count). The van der Waals surface area contributed by atoms with Crippen LogP contribution in [0.2, 0.25) is 5.02 Å². The van der Waals surface area contributed by atoms with Crippen LogP contribution in [-0.2, 0) is 0 Å². The van der Waals surface area contributed by atoms with E-state index in [0.717, 1.165) is 42.8 Å². The molecule has 142 valence electrons. The van der Waals surface area contributed by atoms with E-state index in [4.69, 9.17) is 21.6 Å². The number of aromatic nitrogens is 4. The molecule has 3 heterocycles. The molecule has 2 aromatic heterocycles. The Balaban J connectivity index is 1.78. The molecule has 7 nitrogen and oxygen atoms in total. The predicted molar refractivity (Wildman–Crippen MR) is 108 cm³/mol. The van der Waals surface area contributed by atoms with Crippen molar-refractivity contribution in [1.29, 1.82) is 0 Å². The summed E-state index contributed by atoms with van der Waals surface area (Å²) in [4.78, 5) is 16.2. The minimum Gasteiger partial charge on any atom is -0.393 e. The number of fused-ring (bicyclic) bond motifs is 1. The molecule has 0 spiro atoms. The van der Waals surface area contributed by atoms with Crippen molar-refractivity contribution in [3.8, 4) is 0 Å². The van der Waals surface area contributed by atoms with Gasteiger partial charge in [-0.25, -0.2) is 4.98 Å². The third kappa shape index (κ3) is 3.70. The van der Waals surface area contributed by atoms with Crippen LogP contribution in [0.3, 0.4) is 0 Å². The highest BCUT2D eigenvalue weighted by molar-refractivity contribution is 6.30. The van der Waals surface area contributed by atoms with Crippen molar-refractivity contribution in [3.63, 3.8) is 0 Å². The molecule has 0 aliphatic carbocycles. The van der Waals surface area contributed by atoms with Gasteiger partial charge in [0.15, 0.2) is 17.0 Å². The van der Waals surface area contributed by atoms with Crippen molar-refractivity contribution < 1.29 is 5.11 Å². The Bertz CT molecular complexity index is 949. The lowest BCUT2D eigenvalue weighted by Crippen LogP contribution is -2.37. The van der Waals surface area contributed by atoms with E-state index in [1.54, 1.807) is 6.33 Å². The number of nitrogens with one attached hydrogen (secondary N) is 1. The fourth-order valence-corrected chi connectivity index (χ4v) is 3.47. The van der Waals surface area contributed by atoms with Crippen molar-refractivity contribution in [2.45, 2.75) is 38.8 Å². The summed E-state index contributed by atoms with van der Waals surface area (Å²) in [6.07, 6.45) is 3.01. The maximum absolute atomic E-state index is 9.80. The first-order valence-corrected chi connectivity index (χ1v) is 9.59. The number of aliphatic hydroxyl groups excluding tert-OH is 1. The Morgan fingerprint density at radius 2 is 2.00 bits per heavy atom. The second-order valence-corrected chi connectivity index (χ2v) is 7.58. The first kappa shape index (κ1) is 18.0. The summed E-state index contributed by atoms with van der Waals surface area (Å²) >= 11 is 6.12. The minimum absolute atomic E-state index is 0.236. The highest BCUT2D eigenvalue weighted by atomic mass is 35.5. The van der Waals surface area contributed by atoms with Gasteiger partial charge in [-0.15, -0.1) is 0 Å². The van der Waals surface area contributed by atoms with Gasteiger partial charge in [-0.3, -0.25) is 0 Å². The van der Waals surface area contributed by atoms with Crippen LogP contribution in [0.4, 0.5) is 17.5 Å². The molecule has 2 N–H and O–H groups in total. The van der Waals surface area contributed by atoms with Crippen LogP contribution in [0.1, 0.15) is 32.7 Å². The van der Waals surface area contributed by atoms with Gasteiger partial charge in [0.1, 0.15) is 0 Å². The third-order valence-corrected chi connectivity index (χ3v) is 5.04. The number of nitrogens with zero attached hydrogens (tertiary/aromatic N) is 5. The Morgan fingerprint density at radius 1 is 1.22 bits per heavy atom. The maximum atomic E-state index is 9.80. The first-order chi connectivity index (χ1) is 13.0. The number of aliphatic hydroxyl groups is 1. The molecule has 0 bridgehead atoms. The zero-order valence-corrected chi connectivity index (χ0v) is 16.2. The molecular formula is C19H23ClN6O. The van der Waals surface area contributed by atoms with E-state index >= 15 is 0 Å². The molecule has 0 atom stereocenters. The van der Waals surface area contributed by atoms with Gasteiger partial charge in [-0.2, -0.15) is 9.97 Å². The van der Waals surface area contributed by atoms with E-state index in [0.29, 0.717) is 16.8 Å². The maximum Gasteiger partial charge on any atom is 0.229 e.